The first-order valence-electron chi connectivity index (χ1n) is 6.22. The van der Waals surface area contributed by atoms with Gasteiger partial charge in [-0.1, -0.05) is 28.1 Å². The van der Waals surface area contributed by atoms with Crippen LogP contribution in [-0.4, -0.2) is 12.1 Å². The highest BCUT2D eigenvalue weighted by molar-refractivity contribution is 9.10. The van der Waals surface area contributed by atoms with Gasteiger partial charge < -0.3 is 5.32 Å². The highest BCUT2D eigenvalue weighted by Crippen LogP contribution is 2.18. The van der Waals surface area contributed by atoms with Gasteiger partial charge in [0, 0.05) is 10.0 Å². The van der Waals surface area contributed by atoms with E-state index in [0.29, 0.717) is 0 Å². The Labute approximate surface area is 118 Å². The molecule has 0 saturated carbocycles. The first kappa shape index (κ1) is 15.4. The third kappa shape index (κ3) is 6.31. The number of rotatable bonds is 5. The standard InChI is InChI=1S/C15H21BrFN/c1-15(2,3)18-10-6-4-5-7-12-11-13(17)8-9-14(12)16/h4-5,8-9,11,18H,6-7,10H2,1-3H3. The van der Waals surface area contributed by atoms with Gasteiger partial charge in [0.15, 0.2) is 0 Å². The molecule has 0 unspecified atom stereocenters. The summed E-state index contributed by atoms with van der Waals surface area (Å²) >= 11 is 3.43. The predicted molar refractivity (Wildman–Crippen MR) is 79.3 cm³/mol. The predicted octanol–water partition coefficient (Wildman–Crippen LogP) is 4.47. The Hall–Kier alpha value is -0.670. The minimum absolute atomic E-state index is 0.166. The quantitative estimate of drug-likeness (QED) is 0.625. The molecule has 1 nitrogen and oxygen atoms in total. The lowest BCUT2D eigenvalue weighted by Gasteiger charge is -2.19. The largest absolute Gasteiger partial charge is 0.312 e. The molecule has 0 radical (unpaired) electrons. The first-order valence-corrected chi connectivity index (χ1v) is 7.02. The molecule has 100 valence electrons. The summed E-state index contributed by atoms with van der Waals surface area (Å²) in [6.07, 6.45) is 5.97. The molecule has 0 atom stereocenters. The highest BCUT2D eigenvalue weighted by atomic mass is 79.9. The maximum atomic E-state index is 13.1. The molecule has 1 aromatic rings. The molecule has 18 heavy (non-hydrogen) atoms. The first-order chi connectivity index (χ1) is 8.38. The van der Waals surface area contributed by atoms with E-state index in [4.69, 9.17) is 0 Å². The van der Waals surface area contributed by atoms with Gasteiger partial charge in [0.2, 0.25) is 0 Å². The van der Waals surface area contributed by atoms with Crippen LogP contribution in [0.15, 0.2) is 34.8 Å². The van der Waals surface area contributed by atoms with Gasteiger partial charge in [-0.3, -0.25) is 0 Å². The van der Waals surface area contributed by atoms with E-state index in [1.165, 1.54) is 6.07 Å². The molecule has 1 aromatic carbocycles. The van der Waals surface area contributed by atoms with Gasteiger partial charge in [-0.2, -0.15) is 0 Å². The summed E-state index contributed by atoms with van der Waals surface area (Å²) in [7, 11) is 0. The van der Waals surface area contributed by atoms with Crippen LogP contribution in [0.1, 0.15) is 32.8 Å². The molecule has 0 amide bonds. The van der Waals surface area contributed by atoms with Gasteiger partial charge >= 0.3 is 0 Å². The molecular formula is C15H21BrFN. The van der Waals surface area contributed by atoms with Crippen molar-refractivity contribution < 1.29 is 4.39 Å². The number of allylic oxidation sites excluding steroid dienone is 1. The summed E-state index contributed by atoms with van der Waals surface area (Å²) in [6, 6.07) is 4.78. The summed E-state index contributed by atoms with van der Waals surface area (Å²) in [6.45, 7) is 7.42. The van der Waals surface area contributed by atoms with Crippen molar-refractivity contribution in [3.63, 3.8) is 0 Å². The van der Waals surface area contributed by atoms with E-state index in [2.05, 4.69) is 54.2 Å². The average Bonchev–Trinajstić information content (AvgIpc) is 2.26. The van der Waals surface area contributed by atoms with Crippen LogP contribution >= 0.6 is 15.9 Å². The lowest BCUT2D eigenvalue weighted by molar-refractivity contribution is 0.431. The molecule has 1 N–H and O–H groups in total. The normalized spacial score (nSPS) is 12.3. The molecule has 0 heterocycles. The zero-order chi connectivity index (χ0) is 13.6. The van der Waals surface area contributed by atoms with E-state index in [0.717, 1.165) is 29.4 Å². The van der Waals surface area contributed by atoms with Gasteiger partial charge in [-0.15, -0.1) is 0 Å². The third-order valence-electron chi connectivity index (χ3n) is 2.48. The van der Waals surface area contributed by atoms with Crippen LogP contribution in [0, 0.1) is 5.82 Å². The van der Waals surface area contributed by atoms with Crippen LogP contribution < -0.4 is 5.32 Å². The number of benzene rings is 1. The topological polar surface area (TPSA) is 12.0 Å². The van der Waals surface area contributed by atoms with Gasteiger partial charge in [0.25, 0.3) is 0 Å². The minimum Gasteiger partial charge on any atom is -0.312 e. The van der Waals surface area contributed by atoms with E-state index in [9.17, 15) is 4.39 Å². The Kier molecular flexibility index (Phi) is 6.03. The fraction of sp³-hybridized carbons (Fsp3) is 0.467. The SMILES string of the molecule is CC(C)(C)NCCC=CCc1cc(F)ccc1Br. The Morgan fingerprint density at radius 1 is 1.28 bits per heavy atom. The van der Waals surface area contributed by atoms with Crippen molar-refractivity contribution in [1.82, 2.24) is 5.32 Å². The van der Waals surface area contributed by atoms with Crippen molar-refractivity contribution in [2.45, 2.75) is 39.2 Å². The Bertz CT molecular complexity index is 407. The van der Waals surface area contributed by atoms with Crippen LogP contribution in [0.3, 0.4) is 0 Å². The van der Waals surface area contributed by atoms with Crippen LogP contribution in [0.25, 0.3) is 0 Å². The second kappa shape index (κ2) is 7.05. The average molecular weight is 314 g/mol. The van der Waals surface area contributed by atoms with Crippen molar-refractivity contribution in [3.05, 3.63) is 46.2 Å². The smallest absolute Gasteiger partial charge is 0.123 e. The molecule has 3 heteroatoms. The monoisotopic (exact) mass is 313 g/mol. The molecule has 0 aromatic heterocycles. The van der Waals surface area contributed by atoms with Crippen molar-refractivity contribution in [2.75, 3.05) is 6.54 Å². The Morgan fingerprint density at radius 2 is 2.00 bits per heavy atom. The molecule has 0 aliphatic rings. The lowest BCUT2D eigenvalue weighted by Crippen LogP contribution is -2.36. The molecule has 0 saturated heterocycles. The van der Waals surface area contributed by atoms with Crippen molar-refractivity contribution in [2.24, 2.45) is 0 Å². The van der Waals surface area contributed by atoms with Crippen molar-refractivity contribution >= 4 is 15.9 Å². The third-order valence-corrected chi connectivity index (χ3v) is 3.25. The summed E-state index contributed by atoms with van der Waals surface area (Å²) in [5.41, 5.74) is 1.15. The molecule has 0 bridgehead atoms. The number of hydrogen-bond donors (Lipinski definition) is 1. The minimum atomic E-state index is -0.184. The van der Waals surface area contributed by atoms with E-state index in [1.807, 2.05) is 0 Å². The summed E-state index contributed by atoms with van der Waals surface area (Å²) in [4.78, 5) is 0. The molecular weight excluding hydrogens is 293 g/mol. The van der Waals surface area contributed by atoms with Crippen LogP contribution in [-0.2, 0) is 6.42 Å². The summed E-state index contributed by atoms with van der Waals surface area (Å²) < 4.78 is 14.0. The van der Waals surface area contributed by atoms with E-state index in [1.54, 1.807) is 12.1 Å². The molecule has 0 spiro atoms. The number of halogens is 2. The van der Waals surface area contributed by atoms with Crippen LogP contribution in [0.2, 0.25) is 0 Å². The second-order valence-corrected chi connectivity index (χ2v) is 6.23. The zero-order valence-electron chi connectivity index (χ0n) is 11.3. The number of hydrogen-bond acceptors (Lipinski definition) is 1. The van der Waals surface area contributed by atoms with Gasteiger partial charge in [-0.25, -0.2) is 4.39 Å². The Morgan fingerprint density at radius 3 is 2.67 bits per heavy atom. The van der Waals surface area contributed by atoms with Gasteiger partial charge in [0.05, 0.1) is 0 Å². The summed E-state index contributed by atoms with van der Waals surface area (Å²) in [5.74, 6) is -0.184. The Balaban J connectivity index is 2.34. The zero-order valence-corrected chi connectivity index (χ0v) is 12.8. The fourth-order valence-electron chi connectivity index (χ4n) is 1.56. The number of nitrogens with one attached hydrogen (secondary N) is 1. The van der Waals surface area contributed by atoms with Gasteiger partial charge in [0.1, 0.15) is 5.82 Å². The van der Waals surface area contributed by atoms with E-state index >= 15 is 0 Å². The highest BCUT2D eigenvalue weighted by Gasteiger charge is 2.06. The maximum Gasteiger partial charge on any atom is 0.123 e. The second-order valence-electron chi connectivity index (χ2n) is 5.38. The molecule has 0 aliphatic heterocycles. The molecule has 1 rings (SSSR count). The van der Waals surface area contributed by atoms with Crippen LogP contribution in [0.5, 0.6) is 0 Å². The van der Waals surface area contributed by atoms with Crippen molar-refractivity contribution in [3.8, 4) is 0 Å². The van der Waals surface area contributed by atoms with Crippen LogP contribution in [0.4, 0.5) is 4.39 Å². The maximum absolute atomic E-state index is 13.1. The molecule has 0 aliphatic carbocycles. The van der Waals surface area contributed by atoms with E-state index < -0.39 is 0 Å². The molecule has 0 fully saturated rings. The summed E-state index contributed by atoms with van der Waals surface area (Å²) in [5, 5.41) is 3.42. The van der Waals surface area contributed by atoms with Crippen molar-refractivity contribution in [1.29, 1.82) is 0 Å². The van der Waals surface area contributed by atoms with E-state index in [-0.39, 0.29) is 11.4 Å². The van der Waals surface area contributed by atoms with Gasteiger partial charge in [-0.05, 0) is 63.9 Å². The fourth-order valence-corrected chi connectivity index (χ4v) is 1.97. The lowest BCUT2D eigenvalue weighted by atomic mass is 10.1.